The summed E-state index contributed by atoms with van der Waals surface area (Å²) in [6, 6.07) is 5.02. The number of aromatic hydroxyl groups is 1. The van der Waals surface area contributed by atoms with Gasteiger partial charge < -0.3 is 14.7 Å². The molecule has 1 aromatic carbocycles. The molecule has 20 heavy (non-hydrogen) atoms. The maximum Gasteiger partial charge on any atom is 0.257 e. The van der Waals surface area contributed by atoms with E-state index in [1.807, 2.05) is 4.90 Å². The number of halogens is 1. The molecule has 0 bridgehead atoms. The fourth-order valence-electron chi connectivity index (χ4n) is 2.66. The van der Waals surface area contributed by atoms with E-state index in [2.05, 4.69) is 15.9 Å². The van der Waals surface area contributed by atoms with Gasteiger partial charge in [0.1, 0.15) is 11.5 Å². The number of alkyl halides is 1. The molecule has 5 heteroatoms. The number of phenols is 1. The second-order valence-electron chi connectivity index (χ2n) is 5.01. The van der Waals surface area contributed by atoms with Crippen molar-refractivity contribution in [3.05, 3.63) is 23.8 Å². The van der Waals surface area contributed by atoms with Gasteiger partial charge in [0.25, 0.3) is 5.91 Å². The summed E-state index contributed by atoms with van der Waals surface area (Å²) in [4.78, 5) is 14.6. The molecule has 0 aliphatic carbocycles. The van der Waals surface area contributed by atoms with E-state index < -0.39 is 0 Å². The van der Waals surface area contributed by atoms with Crippen LogP contribution in [0.2, 0.25) is 0 Å². The number of likely N-dealkylation sites (tertiary alicyclic amines) is 1. The van der Waals surface area contributed by atoms with Gasteiger partial charge in [0.15, 0.2) is 0 Å². The Labute approximate surface area is 127 Å². The first kappa shape index (κ1) is 15.2. The van der Waals surface area contributed by atoms with Crippen LogP contribution >= 0.6 is 15.9 Å². The van der Waals surface area contributed by atoms with Crippen LogP contribution in [0.25, 0.3) is 0 Å². The largest absolute Gasteiger partial charge is 0.507 e. The molecule has 1 atom stereocenters. The molecular weight excluding hydrogens is 322 g/mol. The molecule has 1 N–H and O–H groups in total. The maximum absolute atomic E-state index is 12.7. The van der Waals surface area contributed by atoms with E-state index in [-0.39, 0.29) is 17.7 Å². The van der Waals surface area contributed by atoms with Crippen molar-refractivity contribution in [1.29, 1.82) is 0 Å². The van der Waals surface area contributed by atoms with Crippen LogP contribution in [0.1, 0.15) is 36.0 Å². The Morgan fingerprint density at radius 3 is 3.00 bits per heavy atom. The average molecular weight is 342 g/mol. The molecule has 1 amide bonds. The summed E-state index contributed by atoms with van der Waals surface area (Å²) in [5.74, 6) is 0.492. The van der Waals surface area contributed by atoms with Gasteiger partial charge in [-0.3, -0.25) is 4.79 Å². The van der Waals surface area contributed by atoms with Crippen molar-refractivity contribution in [2.45, 2.75) is 31.7 Å². The van der Waals surface area contributed by atoms with Crippen LogP contribution < -0.4 is 4.74 Å². The first-order chi connectivity index (χ1) is 9.67. The number of hydrogen-bond acceptors (Lipinski definition) is 3. The fraction of sp³-hybridized carbons (Fsp3) is 0.533. The number of carbonyl (C=O) groups excluding carboxylic acids is 1. The van der Waals surface area contributed by atoms with Gasteiger partial charge in [0, 0.05) is 17.9 Å². The van der Waals surface area contributed by atoms with Crippen molar-refractivity contribution in [1.82, 2.24) is 4.90 Å². The zero-order valence-corrected chi connectivity index (χ0v) is 13.2. The second kappa shape index (κ2) is 6.97. The van der Waals surface area contributed by atoms with Crippen LogP contribution in [0, 0.1) is 0 Å². The van der Waals surface area contributed by atoms with E-state index in [4.69, 9.17) is 4.74 Å². The lowest BCUT2D eigenvalue weighted by atomic mass is 9.98. The highest BCUT2D eigenvalue weighted by Gasteiger charge is 2.28. The topological polar surface area (TPSA) is 49.8 Å². The Hall–Kier alpha value is -1.23. The van der Waals surface area contributed by atoms with Crippen LogP contribution in [0.4, 0.5) is 0 Å². The minimum atomic E-state index is -0.105. The molecule has 0 radical (unpaired) electrons. The summed E-state index contributed by atoms with van der Waals surface area (Å²) in [6.07, 6.45) is 4.15. The number of carbonyl (C=O) groups is 1. The standard InChI is InChI=1S/C15H20BrNO3/c1-20-12-5-6-14(18)13(10-12)15(19)17-9-3-2-4-11(17)7-8-16/h5-6,10-11,18H,2-4,7-9H2,1H3. The number of methoxy groups -OCH3 is 1. The van der Waals surface area contributed by atoms with Crippen molar-refractivity contribution in [2.24, 2.45) is 0 Å². The molecule has 1 aliphatic rings. The van der Waals surface area contributed by atoms with Crippen LogP contribution in [-0.4, -0.2) is 40.9 Å². The van der Waals surface area contributed by atoms with E-state index in [0.29, 0.717) is 11.3 Å². The quantitative estimate of drug-likeness (QED) is 0.855. The van der Waals surface area contributed by atoms with Gasteiger partial charge in [0.2, 0.25) is 0 Å². The number of hydrogen-bond donors (Lipinski definition) is 1. The van der Waals surface area contributed by atoms with Crippen molar-refractivity contribution in [3.8, 4) is 11.5 Å². The number of amides is 1. The SMILES string of the molecule is COc1ccc(O)c(C(=O)N2CCCCC2CCBr)c1. The van der Waals surface area contributed by atoms with Gasteiger partial charge in [-0.1, -0.05) is 15.9 Å². The monoisotopic (exact) mass is 341 g/mol. The molecule has 1 saturated heterocycles. The molecule has 1 aromatic rings. The molecule has 110 valence electrons. The number of rotatable bonds is 4. The molecule has 0 spiro atoms. The predicted octanol–water partition coefficient (Wildman–Crippen LogP) is 3.18. The van der Waals surface area contributed by atoms with Crippen LogP contribution in [-0.2, 0) is 0 Å². The van der Waals surface area contributed by atoms with E-state index in [9.17, 15) is 9.90 Å². The fourth-order valence-corrected chi connectivity index (χ4v) is 3.19. The van der Waals surface area contributed by atoms with Crippen molar-refractivity contribution < 1.29 is 14.6 Å². The lowest BCUT2D eigenvalue weighted by Crippen LogP contribution is -2.44. The Bertz CT molecular complexity index is 476. The molecule has 1 heterocycles. The van der Waals surface area contributed by atoms with Crippen LogP contribution in [0.5, 0.6) is 11.5 Å². The van der Waals surface area contributed by atoms with E-state index >= 15 is 0 Å². The first-order valence-corrected chi connectivity index (χ1v) is 8.03. The van der Waals surface area contributed by atoms with E-state index in [1.54, 1.807) is 19.2 Å². The summed E-state index contributed by atoms with van der Waals surface area (Å²) in [6.45, 7) is 0.757. The number of nitrogens with zero attached hydrogens (tertiary/aromatic N) is 1. The average Bonchev–Trinajstić information content (AvgIpc) is 2.48. The molecule has 4 nitrogen and oxygen atoms in total. The maximum atomic E-state index is 12.7. The smallest absolute Gasteiger partial charge is 0.257 e. The minimum absolute atomic E-state index is 0.0129. The van der Waals surface area contributed by atoms with Crippen LogP contribution in [0.15, 0.2) is 18.2 Å². The summed E-state index contributed by atoms with van der Waals surface area (Å²) in [5.41, 5.74) is 0.325. The number of benzene rings is 1. The van der Waals surface area contributed by atoms with E-state index in [1.165, 1.54) is 6.07 Å². The Balaban J connectivity index is 2.24. The van der Waals surface area contributed by atoms with Crippen molar-refractivity contribution >= 4 is 21.8 Å². The van der Waals surface area contributed by atoms with Gasteiger partial charge in [-0.2, -0.15) is 0 Å². The van der Waals surface area contributed by atoms with Crippen molar-refractivity contribution in [3.63, 3.8) is 0 Å². The number of piperidine rings is 1. The number of ether oxygens (including phenoxy) is 1. The molecule has 0 aromatic heterocycles. The van der Waals surface area contributed by atoms with Gasteiger partial charge in [0.05, 0.1) is 12.7 Å². The lowest BCUT2D eigenvalue weighted by Gasteiger charge is -2.35. The first-order valence-electron chi connectivity index (χ1n) is 6.91. The third-order valence-corrected chi connectivity index (χ3v) is 4.22. The Morgan fingerprint density at radius 1 is 1.50 bits per heavy atom. The van der Waals surface area contributed by atoms with Gasteiger partial charge in [-0.05, 0) is 43.9 Å². The highest BCUT2D eigenvalue weighted by Crippen LogP contribution is 2.28. The number of phenolic OH excluding ortho intramolecular Hbond substituents is 1. The molecule has 1 aliphatic heterocycles. The lowest BCUT2D eigenvalue weighted by molar-refractivity contribution is 0.0606. The van der Waals surface area contributed by atoms with Crippen molar-refractivity contribution in [2.75, 3.05) is 19.0 Å². The Morgan fingerprint density at radius 2 is 2.30 bits per heavy atom. The molecule has 2 rings (SSSR count). The summed E-state index contributed by atoms with van der Waals surface area (Å²) in [5, 5.41) is 10.8. The normalized spacial score (nSPS) is 18.9. The summed E-state index contributed by atoms with van der Waals surface area (Å²) >= 11 is 3.45. The predicted molar refractivity (Wildman–Crippen MR) is 81.7 cm³/mol. The third-order valence-electron chi connectivity index (χ3n) is 3.76. The molecule has 1 unspecified atom stereocenters. The highest BCUT2D eigenvalue weighted by molar-refractivity contribution is 9.09. The second-order valence-corrected chi connectivity index (χ2v) is 5.80. The molecule has 1 fully saturated rings. The summed E-state index contributed by atoms with van der Waals surface area (Å²) < 4.78 is 5.13. The molecular formula is C15H20BrNO3. The molecule has 0 saturated carbocycles. The van der Waals surface area contributed by atoms with Gasteiger partial charge >= 0.3 is 0 Å². The highest BCUT2D eigenvalue weighted by atomic mass is 79.9. The van der Waals surface area contributed by atoms with Gasteiger partial charge in [-0.15, -0.1) is 0 Å². The summed E-state index contributed by atoms with van der Waals surface area (Å²) in [7, 11) is 1.55. The zero-order valence-electron chi connectivity index (χ0n) is 11.6. The van der Waals surface area contributed by atoms with Gasteiger partial charge in [-0.25, -0.2) is 0 Å². The van der Waals surface area contributed by atoms with Crippen LogP contribution in [0.3, 0.4) is 0 Å². The Kier molecular flexibility index (Phi) is 5.29. The zero-order chi connectivity index (χ0) is 14.5. The minimum Gasteiger partial charge on any atom is -0.507 e. The van der Waals surface area contributed by atoms with E-state index in [0.717, 1.165) is 37.6 Å². The third kappa shape index (κ3) is 3.26.